The second-order valence-corrected chi connectivity index (χ2v) is 2.96. The highest BCUT2D eigenvalue weighted by Crippen LogP contribution is 2.22. The van der Waals surface area contributed by atoms with Crippen LogP contribution in [-0.2, 0) is 0 Å². The van der Waals surface area contributed by atoms with Crippen molar-refractivity contribution in [3.05, 3.63) is 30.1 Å². The first-order valence-electron chi connectivity index (χ1n) is 4.40. The summed E-state index contributed by atoms with van der Waals surface area (Å²) < 4.78 is 9.79. The molecule has 0 atom stereocenters. The average molecular weight is 220 g/mol. The highest BCUT2D eigenvalue weighted by molar-refractivity contribution is 5.93. The molecular weight excluding hydrogens is 212 g/mol. The highest BCUT2D eigenvalue weighted by Gasteiger charge is 2.17. The Hall–Kier alpha value is -2.37. The first kappa shape index (κ1) is 10.2. The monoisotopic (exact) mass is 220 g/mol. The SMILES string of the molecule is COc1ccc(-c2oncc2C(=O)O)nc1. The fourth-order valence-corrected chi connectivity index (χ4v) is 1.21. The molecule has 0 aliphatic carbocycles. The number of hydrogen-bond donors (Lipinski definition) is 1. The fraction of sp³-hybridized carbons (Fsp3) is 0.100. The molecule has 0 saturated carbocycles. The molecule has 0 bridgehead atoms. The molecule has 0 aliphatic rings. The molecule has 2 heterocycles. The van der Waals surface area contributed by atoms with E-state index in [1.54, 1.807) is 12.1 Å². The van der Waals surface area contributed by atoms with Crippen molar-refractivity contribution in [2.75, 3.05) is 7.11 Å². The zero-order valence-electron chi connectivity index (χ0n) is 8.38. The molecule has 2 rings (SSSR count). The maximum Gasteiger partial charge on any atom is 0.341 e. The molecule has 1 N–H and O–H groups in total. The molecule has 0 radical (unpaired) electrons. The first-order chi connectivity index (χ1) is 7.72. The van der Waals surface area contributed by atoms with E-state index in [0.717, 1.165) is 6.20 Å². The Kier molecular flexibility index (Phi) is 2.55. The third kappa shape index (κ3) is 1.72. The van der Waals surface area contributed by atoms with E-state index in [9.17, 15) is 4.79 Å². The van der Waals surface area contributed by atoms with Crippen LogP contribution in [0.4, 0.5) is 0 Å². The molecule has 6 nitrogen and oxygen atoms in total. The summed E-state index contributed by atoms with van der Waals surface area (Å²) in [5.41, 5.74) is 0.383. The predicted octanol–water partition coefficient (Wildman–Crippen LogP) is 1.44. The lowest BCUT2D eigenvalue weighted by Gasteiger charge is -1.99. The molecular formula is C10H8N2O4. The molecule has 0 aromatic carbocycles. The molecule has 0 fully saturated rings. The van der Waals surface area contributed by atoms with Gasteiger partial charge in [0.25, 0.3) is 0 Å². The van der Waals surface area contributed by atoms with Crippen LogP contribution in [0.3, 0.4) is 0 Å². The summed E-state index contributed by atoms with van der Waals surface area (Å²) in [6, 6.07) is 3.27. The van der Waals surface area contributed by atoms with Gasteiger partial charge in [0.1, 0.15) is 17.0 Å². The lowest BCUT2D eigenvalue weighted by molar-refractivity contribution is 0.0697. The van der Waals surface area contributed by atoms with Crippen LogP contribution in [-0.4, -0.2) is 28.3 Å². The van der Waals surface area contributed by atoms with Crippen molar-refractivity contribution in [1.82, 2.24) is 10.1 Å². The summed E-state index contributed by atoms with van der Waals surface area (Å²) in [7, 11) is 1.52. The van der Waals surface area contributed by atoms with Crippen molar-refractivity contribution in [2.45, 2.75) is 0 Å². The van der Waals surface area contributed by atoms with Crippen LogP contribution >= 0.6 is 0 Å². The normalized spacial score (nSPS) is 10.1. The Morgan fingerprint density at radius 1 is 1.44 bits per heavy atom. The molecule has 2 aromatic heterocycles. The number of carboxylic acids is 1. The van der Waals surface area contributed by atoms with Gasteiger partial charge in [0.2, 0.25) is 0 Å². The largest absolute Gasteiger partial charge is 0.495 e. The Morgan fingerprint density at radius 2 is 2.25 bits per heavy atom. The van der Waals surface area contributed by atoms with Crippen LogP contribution in [0.2, 0.25) is 0 Å². The number of nitrogens with zero attached hydrogens (tertiary/aromatic N) is 2. The second kappa shape index (κ2) is 4.01. The molecule has 0 aliphatic heterocycles. The smallest absolute Gasteiger partial charge is 0.341 e. The summed E-state index contributed by atoms with van der Waals surface area (Å²) >= 11 is 0. The summed E-state index contributed by atoms with van der Waals surface area (Å²) in [5.74, 6) is -0.385. The number of carboxylic acid groups (broad SMARTS) is 1. The van der Waals surface area contributed by atoms with Gasteiger partial charge in [-0.05, 0) is 12.1 Å². The lowest BCUT2D eigenvalue weighted by atomic mass is 10.2. The van der Waals surface area contributed by atoms with E-state index < -0.39 is 5.97 Å². The molecule has 0 saturated heterocycles. The predicted molar refractivity (Wildman–Crippen MR) is 53.2 cm³/mol. The van der Waals surface area contributed by atoms with Crippen molar-refractivity contribution < 1.29 is 19.2 Å². The third-order valence-corrected chi connectivity index (χ3v) is 2.01. The fourth-order valence-electron chi connectivity index (χ4n) is 1.21. The number of ether oxygens (including phenoxy) is 1. The Balaban J connectivity index is 2.42. The van der Waals surface area contributed by atoms with Crippen LogP contribution in [0.1, 0.15) is 10.4 Å². The van der Waals surface area contributed by atoms with E-state index in [1.165, 1.54) is 13.3 Å². The number of hydrogen-bond acceptors (Lipinski definition) is 5. The number of pyridine rings is 1. The molecule has 16 heavy (non-hydrogen) atoms. The van der Waals surface area contributed by atoms with Gasteiger partial charge in [-0.3, -0.25) is 0 Å². The van der Waals surface area contributed by atoms with E-state index in [0.29, 0.717) is 11.4 Å². The zero-order valence-corrected chi connectivity index (χ0v) is 8.38. The first-order valence-corrected chi connectivity index (χ1v) is 4.40. The van der Waals surface area contributed by atoms with Gasteiger partial charge in [-0.2, -0.15) is 0 Å². The molecule has 0 spiro atoms. The zero-order chi connectivity index (χ0) is 11.5. The van der Waals surface area contributed by atoms with Crippen molar-refractivity contribution in [3.63, 3.8) is 0 Å². The lowest BCUT2D eigenvalue weighted by Crippen LogP contribution is -1.96. The van der Waals surface area contributed by atoms with Gasteiger partial charge in [-0.15, -0.1) is 0 Å². The van der Waals surface area contributed by atoms with Crippen molar-refractivity contribution in [3.8, 4) is 17.2 Å². The van der Waals surface area contributed by atoms with Gasteiger partial charge >= 0.3 is 5.97 Å². The van der Waals surface area contributed by atoms with E-state index in [2.05, 4.69) is 10.1 Å². The topological polar surface area (TPSA) is 85.5 Å². The molecule has 0 amide bonds. The maximum atomic E-state index is 10.8. The van der Waals surface area contributed by atoms with Crippen LogP contribution in [0.15, 0.2) is 29.0 Å². The highest BCUT2D eigenvalue weighted by atomic mass is 16.5. The summed E-state index contributed by atoms with van der Waals surface area (Å²) in [4.78, 5) is 14.8. The van der Waals surface area contributed by atoms with Crippen molar-refractivity contribution in [1.29, 1.82) is 0 Å². The maximum absolute atomic E-state index is 10.8. The van der Waals surface area contributed by atoms with Crippen molar-refractivity contribution >= 4 is 5.97 Å². The number of aromatic nitrogens is 2. The van der Waals surface area contributed by atoms with Crippen LogP contribution < -0.4 is 4.74 Å². The van der Waals surface area contributed by atoms with Crippen molar-refractivity contribution in [2.24, 2.45) is 0 Å². The van der Waals surface area contributed by atoms with E-state index in [4.69, 9.17) is 14.4 Å². The number of methoxy groups -OCH3 is 1. The molecule has 2 aromatic rings. The van der Waals surface area contributed by atoms with Crippen LogP contribution in [0, 0.1) is 0 Å². The Bertz CT molecular complexity index is 504. The quantitative estimate of drug-likeness (QED) is 0.842. The third-order valence-electron chi connectivity index (χ3n) is 2.01. The summed E-state index contributed by atoms with van der Waals surface area (Å²) in [5, 5.41) is 12.3. The second-order valence-electron chi connectivity index (χ2n) is 2.96. The molecule has 0 unspecified atom stereocenters. The summed E-state index contributed by atoms with van der Waals surface area (Å²) in [6.45, 7) is 0. The van der Waals surface area contributed by atoms with E-state index in [-0.39, 0.29) is 11.3 Å². The van der Waals surface area contributed by atoms with Gasteiger partial charge in [0, 0.05) is 0 Å². The Labute approximate surface area is 90.5 Å². The van der Waals surface area contributed by atoms with Gasteiger partial charge in [0.05, 0.1) is 19.5 Å². The number of rotatable bonds is 3. The van der Waals surface area contributed by atoms with Crippen LogP contribution in [0.25, 0.3) is 11.5 Å². The number of aromatic carboxylic acids is 1. The minimum absolute atomic E-state index is 0.0160. The minimum Gasteiger partial charge on any atom is -0.495 e. The minimum atomic E-state index is -1.10. The van der Waals surface area contributed by atoms with E-state index >= 15 is 0 Å². The number of carbonyl (C=O) groups is 1. The van der Waals surface area contributed by atoms with Gasteiger partial charge in [0.15, 0.2) is 5.76 Å². The van der Waals surface area contributed by atoms with Gasteiger partial charge in [-0.25, -0.2) is 9.78 Å². The van der Waals surface area contributed by atoms with Crippen LogP contribution in [0.5, 0.6) is 5.75 Å². The Morgan fingerprint density at radius 3 is 2.81 bits per heavy atom. The molecule has 6 heteroatoms. The standard InChI is InChI=1S/C10H8N2O4/c1-15-6-2-3-8(11-4-6)9-7(10(13)14)5-12-16-9/h2-5H,1H3,(H,13,14). The van der Waals surface area contributed by atoms with E-state index in [1.807, 2.05) is 0 Å². The summed E-state index contributed by atoms with van der Waals surface area (Å²) in [6.07, 6.45) is 2.62. The average Bonchev–Trinajstić information content (AvgIpc) is 2.78. The van der Waals surface area contributed by atoms with Gasteiger partial charge in [-0.1, -0.05) is 5.16 Å². The van der Waals surface area contributed by atoms with Gasteiger partial charge < -0.3 is 14.4 Å². The molecule has 82 valence electrons.